The number of hydrogen-bond acceptors (Lipinski definition) is 4. The van der Waals surface area contributed by atoms with E-state index in [-0.39, 0.29) is 34.7 Å². The standard InChI is InChI=1S/C22H20ClF2N3O4/c23-15-9-11(1-5-16(15)24)27-21(30)14-3-6-17(25)20-13(14)4-7-18(20)28-22(31)32-10-12-2-8-19(29)26-12/h1,3,5-6,9,12,18H,2,4,7-8,10H2,(H,26,29)(H,27,30)(H,28,31)/t12-,18-/m0/s1. The Kier molecular flexibility index (Phi) is 6.27. The highest BCUT2D eigenvalue weighted by Gasteiger charge is 2.32. The number of carbonyl (C=O) groups is 3. The Labute approximate surface area is 187 Å². The van der Waals surface area contributed by atoms with Crippen molar-refractivity contribution >= 4 is 35.2 Å². The highest BCUT2D eigenvalue weighted by Crippen LogP contribution is 2.36. The van der Waals surface area contributed by atoms with Crippen molar-refractivity contribution in [2.45, 2.75) is 37.8 Å². The topological polar surface area (TPSA) is 96.5 Å². The van der Waals surface area contributed by atoms with Crippen LogP contribution >= 0.6 is 11.6 Å². The summed E-state index contributed by atoms with van der Waals surface area (Å²) >= 11 is 5.75. The zero-order valence-electron chi connectivity index (χ0n) is 16.8. The van der Waals surface area contributed by atoms with Gasteiger partial charge >= 0.3 is 6.09 Å². The summed E-state index contributed by atoms with van der Waals surface area (Å²) in [6.07, 6.45) is 1.04. The summed E-state index contributed by atoms with van der Waals surface area (Å²) in [4.78, 5) is 36.2. The predicted octanol–water partition coefficient (Wildman–Crippen LogP) is 3.86. The van der Waals surface area contributed by atoms with E-state index in [9.17, 15) is 23.2 Å². The third-order valence-electron chi connectivity index (χ3n) is 5.55. The van der Waals surface area contributed by atoms with Gasteiger partial charge in [0.1, 0.15) is 18.2 Å². The minimum Gasteiger partial charge on any atom is -0.447 e. The second-order valence-electron chi connectivity index (χ2n) is 7.71. The van der Waals surface area contributed by atoms with E-state index >= 15 is 0 Å². The number of rotatable bonds is 5. The number of carbonyl (C=O) groups excluding carboxylic acids is 3. The van der Waals surface area contributed by atoms with Crippen molar-refractivity contribution in [2.75, 3.05) is 11.9 Å². The zero-order chi connectivity index (χ0) is 22.8. The van der Waals surface area contributed by atoms with E-state index in [1.54, 1.807) is 0 Å². The molecule has 168 valence electrons. The van der Waals surface area contributed by atoms with Gasteiger partial charge in [-0.15, -0.1) is 0 Å². The second kappa shape index (κ2) is 9.12. The largest absolute Gasteiger partial charge is 0.447 e. The number of benzene rings is 2. The number of nitrogens with one attached hydrogen (secondary N) is 3. The SMILES string of the molecule is O=C1CC[C@@H](COC(=O)N[C@H]2CCc3c(C(=O)Nc4ccc(F)c(Cl)c4)ccc(F)c32)N1. The number of anilines is 1. The maximum Gasteiger partial charge on any atom is 0.407 e. The predicted molar refractivity (Wildman–Crippen MR) is 112 cm³/mol. The molecule has 1 aliphatic heterocycles. The van der Waals surface area contributed by atoms with Crippen LogP contribution in [-0.4, -0.2) is 30.6 Å². The summed E-state index contributed by atoms with van der Waals surface area (Å²) in [6, 6.07) is 5.46. The molecule has 0 unspecified atom stereocenters. The van der Waals surface area contributed by atoms with E-state index in [0.717, 1.165) is 6.07 Å². The summed E-state index contributed by atoms with van der Waals surface area (Å²) in [5, 5.41) is 7.83. The molecule has 0 radical (unpaired) electrons. The van der Waals surface area contributed by atoms with Crippen LogP contribution in [0.4, 0.5) is 19.3 Å². The van der Waals surface area contributed by atoms with Crippen molar-refractivity contribution in [1.29, 1.82) is 0 Å². The molecule has 2 atom stereocenters. The van der Waals surface area contributed by atoms with Gasteiger partial charge in [0, 0.05) is 23.2 Å². The first-order valence-electron chi connectivity index (χ1n) is 10.1. The lowest BCUT2D eigenvalue weighted by Gasteiger charge is -2.17. The third-order valence-corrected chi connectivity index (χ3v) is 5.84. The molecule has 1 heterocycles. The second-order valence-corrected chi connectivity index (χ2v) is 8.11. The molecule has 4 rings (SSSR count). The van der Waals surface area contributed by atoms with Gasteiger partial charge in [0.05, 0.1) is 17.1 Å². The number of amides is 3. The lowest BCUT2D eigenvalue weighted by Crippen LogP contribution is -2.34. The Bertz CT molecular complexity index is 1100. The van der Waals surface area contributed by atoms with Crippen molar-refractivity contribution < 1.29 is 27.9 Å². The van der Waals surface area contributed by atoms with Crippen LogP contribution in [0.5, 0.6) is 0 Å². The lowest BCUT2D eigenvalue weighted by atomic mass is 10.0. The molecule has 3 amide bonds. The van der Waals surface area contributed by atoms with Crippen LogP contribution in [0.3, 0.4) is 0 Å². The van der Waals surface area contributed by atoms with Crippen molar-refractivity contribution in [3.63, 3.8) is 0 Å². The van der Waals surface area contributed by atoms with Gasteiger partial charge in [0.2, 0.25) is 5.91 Å². The summed E-state index contributed by atoms with van der Waals surface area (Å²) in [5.74, 6) is -1.72. The van der Waals surface area contributed by atoms with Crippen LogP contribution in [0, 0.1) is 11.6 Å². The van der Waals surface area contributed by atoms with E-state index < -0.39 is 29.7 Å². The van der Waals surface area contributed by atoms with Crippen molar-refractivity contribution in [1.82, 2.24) is 10.6 Å². The quantitative estimate of drug-likeness (QED) is 0.627. The van der Waals surface area contributed by atoms with Gasteiger partial charge in [0.15, 0.2) is 0 Å². The Morgan fingerprint density at radius 2 is 1.91 bits per heavy atom. The van der Waals surface area contributed by atoms with Gasteiger partial charge in [-0.25, -0.2) is 13.6 Å². The van der Waals surface area contributed by atoms with Gasteiger partial charge in [-0.1, -0.05) is 11.6 Å². The smallest absolute Gasteiger partial charge is 0.407 e. The van der Waals surface area contributed by atoms with Crippen molar-refractivity contribution in [2.24, 2.45) is 0 Å². The number of halogens is 3. The van der Waals surface area contributed by atoms with Gasteiger partial charge in [-0.3, -0.25) is 9.59 Å². The molecule has 3 N–H and O–H groups in total. The molecule has 2 aromatic carbocycles. The Hall–Kier alpha value is -3.20. The first-order valence-corrected chi connectivity index (χ1v) is 10.5. The van der Waals surface area contributed by atoms with Crippen LogP contribution in [-0.2, 0) is 16.0 Å². The van der Waals surface area contributed by atoms with Crippen LogP contribution in [0.1, 0.15) is 46.8 Å². The number of fused-ring (bicyclic) bond motifs is 1. The number of alkyl carbamates (subject to hydrolysis) is 1. The third kappa shape index (κ3) is 4.67. The molecule has 1 aliphatic carbocycles. The van der Waals surface area contributed by atoms with E-state index in [1.165, 1.54) is 24.3 Å². The monoisotopic (exact) mass is 463 g/mol. The molecular formula is C22H20ClF2N3O4. The normalized spacial score (nSPS) is 19.3. The van der Waals surface area contributed by atoms with E-state index in [2.05, 4.69) is 16.0 Å². The van der Waals surface area contributed by atoms with E-state index in [4.69, 9.17) is 16.3 Å². The van der Waals surface area contributed by atoms with E-state index in [0.29, 0.717) is 36.9 Å². The Morgan fingerprint density at radius 1 is 1.12 bits per heavy atom. The fraction of sp³-hybridized carbons (Fsp3) is 0.318. The fourth-order valence-corrected chi connectivity index (χ4v) is 4.19. The average Bonchev–Trinajstić information content (AvgIpc) is 3.36. The maximum atomic E-state index is 14.6. The highest BCUT2D eigenvalue weighted by molar-refractivity contribution is 6.31. The van der Waals surface area contributed by atoms with Crippen molar-refractivity contribution in [3.05, 3.63) is 63.7 Å². The molecular weight excluding hydrogens is 444 g/mol. The van der Waals surface area contributed by atoms with Gasteiger partial charge < -0.3 is 20.7 Å². The molecule has 32 heavy (non-hydrogen) atoms. The Balaban J connectivity index is 1.44. The first-order chi connectivity index (χ1) is 15.3. The van der Waals surface area contributed by atoms with Crippen LogP contribution < -0.4 is 16.0 Å². The van der Waals surface area contributed by atoms with Crippen LogP contribution in [0.25, 0.3) is 0 Å². The number of hydrogen-bond donors (Lipinski definition) is 3. The molecule has 0 spiro atoms. The Morgan fingerprint density at radius 3 is 2.62 bits per heavy atom. The van der Waals surface area contributed by atoms with Crippen LogP contribution in [0.15, 0.2) is 30.3 Å². The van der Waals surface area contributed by atoms with E-state index in [1.807, 2.05) is 0 Å². The molecule has 10 heteroatoms. The lowest BCUT2D eigenvalue weighted by molar-refractivity contribution is -0.119. The maximum absolute atomic E-state index is 14.6. The molecule has 2 aromatic rings. The molecule has 2 aliphatic rings. The minimum atomic E-state index is -0.723. The zero-order valence-corrected chi connectivity index (χ0v) is 17.6. The summed E-state index contributed by atoms with van der Waals surface area (Å²) < 4.78 is 33.1. The molecule has 0 bridgehead atoms. The van der Waals surface area contributed by atoms with Gasteiger partial charge in [-0.05, 0) is 55.2 Å². The van der Waals surface area contributed by atoms with Crippen LogP contribution in [0.2, 0.25) is 5.02 Å². The molecule has 0 aromatic heterocycles. The summed E-state index contributed by atoms with van der Waals surface area (Å²) in [6.45, 7) is 0.0301. The fourth-order valence-electron chi connectivity index (χ4n) is 4.01. The summed E-state index contributed by atoms with van der Waals surface area (Å²) in [7, 11) is 0. The average molecular weight is 464 g/mol. The first kappa shape index (κ1) is 22.0. The minimum absolute atomic E-state index is 0.0301. The van der Waals surface area contributed by atoms with Gasteiger partial charge in [0.25, 0.3) is 5.91 Å². The van der Waals surface area contributed by atoms with Crippen molar-refractivity contribution in [3.8, 4) is 0 Å². The molecule has 7 nitrogen and oxygen atoms in total. The molecule has 1 fully saturated rings. The highest BCUT2D eigenvalue weighted by atomic mass is 35.5. The molecule has 0 saturated carbocycles. The summed E-state index contributed by atoms with van der Waals surface area (Å²) in [5.41, 5.74) is 1.29. The van der Waals surface area contributed by atoms with Gasteiger partial charge in [-0.2, -0.15) is 0 Å². The number of ether oxygens (including phenoxy) is 1. The molecule has 1 saturated heterocycles.